The van der Waals surface area contributed by atoms with E-state index in [-0.39, 0.29) is 17.4 Å². The molecule has 114 valence electrons. The lowest BCUT2D eigenvalue weighted by Gasteiger charge is -2.11. The normalized spacial score (nSPS) is 21.0. The van der Waals surface area contributed by atoms with E-state index in [9.17, 15) is 8.42 Å². The van der Waals surface area contributed by atoms with E-state index in [4.69, 9.17) is 0 Å². The van der Waals surface area contributed by atoms with E-state index in [1.807, 2.05) is 0 Å². The van der Waals surface area contributed by atoms with Gasteiger partial charge in [-0.2, -0.15) is 0 Å². The molecule has 1 unspecified atom stereocenters. The van der Waals surface area contributed by atoms with Crippen molar-refractivity contribution >= 4 is 37.2 Å². The van der Waals surface area contributed by atoms with Crippen LogP contribution in [0.1, 0.15) is 36.4 Å². The van der Waals surface area contributed by atoms with E-state index in [1.165, 1.54) is 4.88 Å². The summed E-state index contributed by atoms with van der Waals surface area (Å²) in [5, 5.41) is 4.38. The summed E-state index contributed by atoms with van der Waals surface area (Å²) in [5.41, 5.74) is 0. The van der Waals surface area contributed by atoms with Gasteiger partial charge >= 0.3 is 0 Å². The highest BCUT2D eigenvalue weighted by Gasteiger charge is 2.31. The number of aryl methyl sites for hydroxylation is 1. The number of sulfone groups is 1. The van der Waals surface area contributed by atoms with Crippen molar-refractivity contribution < 1.29 is 8.42 Å². The number of nitrogens with zero attached hydrogens (tertiary/aromatic N) is 2. The fourth-order valence-electron chi connectivity index (χ4n) is 2.62. The summed E-state index contributed by atoms with van der Waals surface area (Å²) in [6.45, 7) is 5.01. The monoisotopic (exact) mass is 325 g/mol. The van der Waals surface area contributed by atoms with Crippen molar-refractivity contribution in [2.45, 2.75) is 32.6 Å². The molecule has 0 radical (unpaired) electrons. The number of thiophene rings is 1. The Hall–Kier alpha value is -1.21. The van der Waals surface area contributed by atoms with Gasteiger partial charge in [0.05, 0.1) is 16.9 Å². The van der Waals surface area contributed by atoms with Gasteiger partial charge in [-0.25, -0.2) is 18.4 Å². The van der Waals surface area contributed by atoms with Crippen molar-refractivity contribution in [1.29, 1.82) is 0 Å². The van der Waals surface area contributed by atoms with E-state index in [2.05, 4.69) is 35.2 Å². The molecule has 1 N–H and O–H groups in total. The molecule has 0 amide bonds. The third-order valence-electron chi connectivity index (χ3n) is 3.67. The molecule has 3 rings (SSSR count). The van der Waals surface area contributed by atoms with Gasteiger partial charge in [0, 0.05) is 17.3 Å². The van der Waals surface area contributed by atoms with Gasteiger partial charge in [-0.15, -0.1) is 11.3 Å². The molecule has 1 atom stereocenters. The predicted molar refractivity (Wildman–Crippen MR) is 86.9 cm³/mol. The van der Waals surface area contributed by atoms with Crippen LogP contribution in [0.25, 0.3) is 10.2 Å². The number of hydrogen-bond donors (Lipinski definition) is 1. The highest BCUT2D eigenvalue weighted by molar-refractivity contribution is 7.91. The zero-order valence-corrected chi connectivity index (χ0v) is 13.9. The lowest BCUT2D eigenvalue weighted by molar-refractivity contribution is 0.601. The van der Waals surface area contributed by atoms with Crippen LogP contribution >= 0.6 is 11.3 Å². The first-order valence-corrected chi connectivity index (χ1v) is 9.84. The molecular formula is C14H19N3O2S2. The minimum atomic E-state index is -2.92. The maximum Gasteiger partial charge on any atom is 0.151 e. The van der Waals surface area contributed by atoms with Crippen LogP contribution in [-0.2, 0) is 9.84 Å². The fraction of sp³-hybridized carbons (Fsp3) is 0.571. The van der Waals surface area contributed by atoms with Crippen molar-refractivity contribution in [3.8, 4) is 0 Å². The Labute approximate surface area is 128 Å². The van der Waals surface area contributed by atoms with Crippen molar-refractivity contribution in [3.63, 3.8) is 0 Å². The third-order valence-corrected chi connectivity index (χ3v) is 6.39. The van der Waals surface area contributed by atoms with Crippen LogP contribution in [0.15, 0.2) is 6.07 Å². The van der Waals surface area contributed by atoms with Gasteiger partial charge in [0.25, 0.3) is 0 Å². The molecule has 0 saturated carbocycles. The smallest absolute Gasteiger partial charge is 0.151 e. The Morgan fingerprint density at radius 1 is 1.43 bits per heavy atom. The zero-order chi connectivity index (χ0) is 15.0. The number of nitrogens with one attached hydrogen (secondary N) is 1. The number of hydrogen-bond acceptors (Lipinski definition) is 6. The first-order valence-electron chi connectivity index (χ1n) is 7.21. The number of rotatable bonds is 4. The quantitative estimate of drug-likeness (QED) is 0.936. The fourth-order valence-corrected chi connectivity index (χ4v) is 5.24. The highest BCUT2D eigenvalue weighted by Crippen LogP contribution is 2.33. The first kappa shape index (κ1) is 14.7. The topological polar surface area (TPSA) is 72.0 Å². The molecule has 1 aliphatic heterocycles. The number of fused-ring (bicyclic) bond motifs is 1. The molecule has 0 aliphatic carbocycles. The Bertz CT molecular complexity index is 768. The first-order chi connectivity index (χ1) is 9.98. The highest BCUT2D eigenvalue weighted by atomic mass is 32.2. The van der Waals surface area contributed by atoms with Gasteiger partial charge in [-0.05, 0) is 25.8 Å². The van der Waals surface area contributed by atoms with Crippen molar-refractivity contribution in [3.05, 3.63) is 16.8 Å². The minimum Gasteiger partial charge on any atom is -0.369 e. The third kappa shape index (κ3) is 3.03. The second-order valence-corrected chi connectivity index (χ2v) is 9.00. The molecule has 0 bridgehead atoms. The molecule has 21 heavy (non-hydrogen) atoms. The molecule has 2 aromatic heterocycles. The van der Waals surface area contributed by atoms with Crippen LogP contribution in [0.4, 0.5) is 5.82 Å². The zero-order valence-electron chi connectivity index (χ0n) is 12.2. The van der Waals surface area contributed by atoms with Crippen LogP contribution in [0, 0.1) is 6.92 Å². The summed E-state index contributed by atoms with van der Waals surface area (Å²) in [5.74, 6) is 1.87. The van der Waals surface area contributed by atoms with Crippen molar-refractivity contribution in [2.75, 3.05) is 23.4 Å². The second kappa shape index (κ2) is 5.53. The Balaban J connectivity index is 2.03. The van der Waals surface area contributed by atoms with Gasteiger partial charge in [0.2, 0.25) is 0 Å². The summed E-state index contributed by atoms with van der Waals surface area (Å²) in [4.78, 5) is 11.4. The second-order valence-electron chi connectivity index (χ2n) is 5.53. The Morgan fingerprint density at radius 2 is 2.24 bits per heavy atom. The largest absolute Gasteiger partial charge is 0.369 e. The summed E-state index contributed by atoms with van der Waals surface area (Å²) >= 11 is 1.63. The molecule has 0 aromatic carbocycles. The molecule has 3 heterocycles. The molecular weight excluding hydrogens is 306 g/mol. The van der Waals surface area contributed by atoms with Gasteiger partial charge in [-0.1, -0.05) is 6.92 Å². The lowest BCUT2D eigenvalue weighted by atomic mass is 10.1. The average Bonchev–Trinajstić information content (AvgIpc) is 2.97. The van der Waals surface area contributed by atoms with Crippen LogP contribution in [0.5, 0.6) is 0 Å². The SMILES string of the molecule is CCCNc1nc(C2CCS(=O)(=O)C2)nc2sc(C)cc12. The van der Waals surface area contributed by atoms with Crippen molar-refractivity contribution in [2.24, 2.45) is 0 Å². The molecule has 5 nitrogen and oxygen atoms in total. The molecule has 1 fully saturated rings. The average molecular weight is 325 g/mol. The van der Waals surface area contributed by atoms with Gasteiger partial charge < -0.3 is 5.32 Å². The van der Waals surface area contributed by atoms with Gasteiger partial charge in [0.1, 0.15) is 16.5 Å². The summed E-state index contributed by atoms with van der Waals surface area (Å²) in [6.07, 6.45) is 1.65. The summed E-state index contributed by atoms with van der Waals surface area (Å²) in [7, 11) is -2.92. The van der Waals surface area contributed by atoms with Gasteiger partial charge in [-0.3, -0.25) is 0 Å². The van der Waals surface area contributed by atoms with Gasteiger partial charge in [0.15, 0.2) is 9.84 Å². The van der Waals surface area contributed by atoms with E-state index in [1.54, 1.807) is 11.3 Å². The maximum absolute atomic E-state index is 11.7. The molecule has 1 aliphatic rings. The Morgan fingerprint density at radius 3 is 2.90 bits per heavy atom. The molecule has 0 spiro atoms. The summed E-state index contributed by atoms with van der Waals surface area (Å²) in [6, 6.07) is 2.09. The summed E-state index contributed by atoms with van der Waals surface area (Å²) < 4.78 is 23.3. The standard InChI is InChI=1S/C14H19N3O2S2/c1-3-5-15-13-11-7-9(2)20-14(11)17-12(16-13)10-4-6-21(18,19)8-10/h7,10H,3-6,8H2,1-2H3,(H,15,16,17). The maximum atomic E-state index is 11.7. The molecule has 7 heteroatoms. The Kier molecular flexibility index (Phi) is 3.88. The number of aromatic nitrogens is 2. The van der Waals surface area contributed by atoms with E-state index < -0.39 is 9.84 Å². The predicted octanol–water partition coefficient (Wildman–Crippen LogP) is 2.72. The lowest BCUT2D eigenvalue weighted by Crippen LogP contribution is -2.10. The molecule has 1 saturated heterocycles. The van der Waals surface area contributed by atoms with Crippen LogP contribution < -0.4 is 5.32 Å². The van der Waals surface area contributed by atoms with E-state index in [0.717, 1.165) is 29.0 Å². The van der Waals surface area contributed by atoms with Crippen LogP contribution in [0.2, 0.25) is 0 Å². The van der Waals surface area contributed by atoms with E-state index in [0.29, 0.717) is 12.2 Å². The number of anilines is 1. The van der Waals surface area contributed by atoms with Crippen LogP contribution in [0.3, 0.4) is 0 Å². The van der Waals surface area contributed by atoms with Crippen molar-refractivity contribution in [1.82, 2.24) is 9.97 Å². The van der Waals surface area contributed by atoms with E-state index >= 15 is 0 Å². The van der Waals surface area contributed by atoms with Crippen LogP contribution in [-0.4, -0.2) is 36.4 Å². The minimum absolute atomic E-state index is 0.0658. The molecule has 2 aromatic rings.